The summed E-state index contributed by atoms with van der Waals surface area (Å²) in [5.74, 6) is 6.20. The fourth-order valence-electron chi connectivity index (χ4n) is 1.60. The quantitative estimate of drug-likeness (QED) is 0.416. The van der Waals surface area contributed by atoms with Gasteiger partial charge in [-0.3, -0.25) is 10.1 Å². The standard InChI is InChI=1S/C10H13N7O3/c1-5-3-12-10(20-5)6(2)15-8-7(17(18)19)9(16-11)14-4-13-8/h3-4,6H,11H2,1-2H3,(H2,13,14,15,16). The highest BCUT2D eigenvalue weighted by atomic mass is 16.6. The molecule has 0 aromatic carbocycles. The van der Waals surface area contributed by atoms with Crippen LogP contribution in [0.1, 0.15) is 24.6 Å². The molecule has 0 saturated carbocycles. The van der Waals surface area contributed by atoms with Crippen LogP contribution in [0.4, 0.5) is 17.3 Å². The van der Waals surface area contributed by atoms with Crippen LogP contribution in [-0.2, 0) is 0 Å². The molecule has 106 valence electrons. The Bertz CT molecular complexity index is 627. The van der Waals surface area contributed by atoms with Crippen molar-refractivity contribution in [1.82, 2.24) is 15.0 Å². The third-order valence-electron chi connectivity index (χ3n) is 2.50. The van der Waals surface area contributed by atoms with Gasteiger partial charge in [-0.1, -0.05) is 0 Å². The number of aryl methyl sites for hydroxylation is 1. The number of aromatic nitrogens is 3. The van der Waals surface area contributed by atoms with Crippen LogP contribution in [0, 0.1) is 17.0 Å². The average molecular weight is 279 g/mol. The van der Waals surface area contributed by atoms with E-state index in [9.17, 15) is 10.1 Å². The largest absolute Gasteiger partial charge is 0.444 e. The van der Waals surface area contributed by atoms with Gasteiger partial charge in [0.25, 0.3) is 0 Å². The SMILES string of the molecule is Cc1cnc(C(C)Nc2ncnc(NN)c2[N+](=O)[O-])o1. The van der Waals surface area contributed by atoms with Gasteiger partial charge in [0.15, 0.2) is 0 Å². The van der Waals surface area contributed by atoms with Crippen molar-refractivity contribution in [2.45, 2.75) is 19.9 Å². The molecule has 10 heteroatoms. The molecule has 0 bridgehead atoms. The first-order chi connectivity index (χ1) is 9.52. The molecule has 20 heavy (non-hydrogen) atoms. The molecule has 2 aromatic heterocycles. The Morgan fingerprint density at radius 2 is 2.10 bits per heavy atom. The smallest absolute Gasteiger partial charge is 0.354 e. The molecule has 2 rings (SSSR count). The molecule has 0 aliphatic carbocycles. The number of hydrogen-bond donors (Lipinski definition) is 3. The van der Waals surface area contributed by atoms with E-state index in [1.165, 1.54) is 0 Å². The number of oxazole rings is 1. The zero-order valence-electron chi connectivity index (χ0n) is 10.8. The van der Waals surface area contributed by atoms with E-state index >= 15 is 0 Å². The van der Waals surface area contributed by atoms with E-state index in [0.29, 0.717) is 11.7 Å². The topological polar surface area (TPSA) is 145 Å². The lowest BCUT2D eigenvalue weighted by Gasteiger charge is -2.12. The van der Waals surface area contributed by atoms with Crippen LogP contribution in [0.2, 0.25) is 0 Å². The number of rotatable bonds is 5. The summed E-state index contributed by atoms with van der Waals surface area (Å²) in [6.07, 6.45) is 2.73. The maximum Gasteiger partial charge on any atom is 0.354 e. The number of hydrogen-bond acceptors (Lipinski definition) is 9. The van der Waals surface area contributed by atoms with Crippen LogP contribution in [-0.4, -0.2) is 19.9 Å². The molecular weight excluding hydrogens is 266 g/mol. The Morgan fingerprint density at radius 1 is 1.40 bits per heavy atom. The van der Waals surface area contributed by atoms with Gasteiger partial charge >= 0.3 is 5.69 Å². The molecule has 2 aromatic rings. The number of nitro groups is 1. The van der Waals surface area contributed by atoms with E-state index in [-0.39, 0.29) is 17.3 Å². The van der Waals surface area contributed by atoms with Gasteiger partial charge in [0.1, 0.15) is 18.1 Å². The molecule has 10 nitrogen and oxygen atoms in total. The average Bonchev–Trinajstić information content (AvgIpc) is 2.84. The van der Waals surface area contributed by atoms with Gasteiger partial charge < -0.3 is 15.2 Å². The van der Waals surface area contributed by atoms with Gasteiger partial charge in [-0.25, -0.2) is 20.8 Å². The summed E-state index contributed by atoms with van der Waals surface area (Å²) in [5.41, 5.74) is 1.82. The minimum atomic E-state index is -0.620. The van der Waals surface area contributed by atoms with Crippen molar-refractivity contribution in [1.29, 1.82) is 0 Å². The first kappa shape index (κ1) is 13.7. The third-order valence-corrected chi connectivity index (χ3v) is 2.50. The van der Waals surface area contributed by atoms with Crippen LogP contribution in [0.25, 0.3) is 0 Å². The highest BCUT2D eigenvalue weighted by Crippen LogP contribution is 2.30. The second kappa shape index (κ2) is 5.48. The summed E-state index contributed by atoms with van der Waals surface area (Å²) in [6, 6.07) is -0.400. The van der Waals surface area contributed by atoms with Crippen LogP contribution < -0.4 is 16.6 Å². The van der Waals surface area contributed by atoms with Crippen LogP contribution in [0.5, 0.6) is 0 Å². The summed E-state index contributed by atoms with van der Waals surface area (Å²) >= 11 is 0. The molecule has 0 fully saturated rings. The molecule has 4 N–H and O–H groups in total. The Morgan fingerprint density at radius 3 is 2.65 bits per heavy atom. The minimum absolute atomic E-state index is 0.0290. The minimum Gasteiger partial charge on any atom is -0.444 e. The Balaban J connectivity index is 2.31. The summed E-state index contributed by atoms with van der Waals surface area (Å²) in [5, 5.41) is 13.9. The van der Waals surface area contributed by atoms with E-state index in [1.54, 1.807) is 20.0 Å². The predicted octanol–water partition coefficient (Wildman–Crippen LogP) is 1.14. The molecule has 0 radical (unpaired) electrons. The van der Waals surface area contributed by atoms with E-state index < -0.39 is 11.0 Å². The second-order valence-corrected chi connectivity index (χ2v) is 4.00. The Kier molecular flexibility index (Phi) is 3.75. The van der Waals surface area contributed by atoms with Gasteiger partial charge in [-0.15, -0.1) is 0 Å². The first-order valence-electron chi connectivity index (χ1n) is 5.67. The van der Waals surface area contributed by atoms with E-state index in [2.05, 4.69) is 25.7 Å². The lowest BCUT2D eigenvalue weighted by Crippen LogP contribution is -2.15. The lowest BCUT2D eigenvalue weighted by atomic mass is 10.3. The fraction of sp³-hybridized carbons (Fsp3) is 0.300. The van der Waals surface area contributed by atoms with Gasteiger partial charge in [-0.05, 0) is 13.8 Å². The fourth-order valence-corrected chi connectivity index (χ4v) is 1.60. The number of nitrogen functional groups attached to an aromatic ring is 1. The summed E-state index contributed by atoms with van der Waals surface area (Å²) in [4.78, 5) is 22.0. The normalized spacial score (nSPS) is 11.9. The van der Waals surface area contributed by atoms with E-state index in [0.717, 1.165) is 6.33 Å². The zero-order valence-corrected chi connectivity index (χ0v) is 10.8. The van der Waals surface area contributed by atoms with Crippen molar-refractivity contribution in [2.75, 3.05) is 10.7 Å². The predicted molar refractivity (Wildman–Crippen MR) is 69.8 cm³/mol. The van der Waals surface area contributed by atoms with Crippen molar-refractivity contribution in [3.63, 3.8) is 0 Å². The van der Waals surface area contributed by atoms with Gasteiger partial charge in [0, 0.05) is 0 Å². The maximum absolute atomic E-state index is 11.1. The summed E-state index contributed by atoms with van der Waals surface area (Å²) in [6.45, 7) is 3.50. The van der Waals surface area contributed by atoms with Crippen molar-refractivity contribution < 1.29 is 9.34 Å². The second-order valence-electron chi connectivity index (χ2n) is 4.00. The number of nitrogens with two attached hydrogens (primary N) is 1. The number of nitrogens with one attached hydrogen (secondary N) is 2. The van der Waals surface area contributed by atoms with Crippen molar-refractivity contribution in [3.8, 4) is 0 Å². The van der Waals surface area contributed by atoms with Crippen molar-refractivity contribution in [3.05, 3.63) is 34.3 Å². The molecule has 0 amide bonds. The van der Waals surface area contributed by atoms with Gasteiger partial charge in [0.2, 0.25) is 17.5 Å². The molecule has 0 aliphatic heterocycles. The van der Waals surface area contributed by atoms with Crippen molar-refractivity contribution in [2.24, 2.45) is 5.84 Å². The summed E-state index contributed by atoms with van der Waals surface area (Å²) in [7, 11) is 0. The maximum atomic E-state index is 11.1. The van der Waals surface area contributed by atoms with Crippen LogP contribution >= 0.6 is 0 Å². The monoisotopic (exact) mass is 279 g/mol. The number of anilines is 2. The highest BCUT2D eigenvalue weighted by Gasteiger charge is 2.24. The van der Waals surface area contributed by atoms with Crippen LogP contribution in [0.3, 0.4) is 0 Å². The Labute approximate surface area is 113 Å². The van der Waals surface area contributed by atoms with Crippen molar-refractivity contribution >= 4 is 17.3 Å². The summed E-state index contributed by atoms with van der Waals surface area (Å²) < 4.78 is 5.35. The van der Waals surface area contributed by atoms with E-state index in [1.807, 2.05) is 0 Å². The third kappa shape index (κ3) is 2.64. The molecule has 1 atom stereocenters. The molecule has 0 spiro atoms. The van der Waals surface area contributed by atoms with Gasteiger partial charge in [0.05, 0.1) is 11.1 Å². The van der Waals surface area contributed by atoms with Gasteiger partial charge in [-0.2, -0.15) is 0 Å². The zero-order chi connectivity index (χ0) is 14.7. The Hall–Kier alpha value is -2.75. The first-order valence-corrected chi connectivity index (χ1v) is 5.67. The van der Waals surface area contributed by atoms with E-state index in [4.69, 9.17) is 10.3 Å². The molecule has 0 aliphatic rings. The number of nitrogens with zero attached hydrogens (tertiary/aromatic N) is 4. The molecular formula is C10H13N7O3. The molecule has 1 unspecified atom stereocenters. The lowest BCUT2D eigenvalue weighted by molar-refractivity contribution is -0.383. The number of hydrazine groups is 1. The molecule has 0 saturated heterocycles. The molecule has 2 heterocycles. The highest BCUT2D eigenvalue weighted by molar-refractivity contribution is 5.69. The van der Waals surface area contributed by atoms with Crippen LogP contribution in [0.15, 0.2) is 16.9 Å².